The first-order valence-corrected chi connectivity index (χ1v) is 4.58. The van der Waals surface area contributed by atoms with Crippen molar-refractivity contribution < 1.29 is 0 Å². The van der Waals surface area contributed by atoms with Gasteiger partial charge in [-0.15, -0.1) is 0 Å². The molecule has 0 bridgehead atoms. The highest BCUT2D eigenvalue weighted by Crippen LogP contribution is 2.14. The van der Waals surface area contributed by atoms with E-state index in [1.165, 1.54) is 17.9 Å². The summed E-state index contributed by atoms with van der Waals surface area (Å²) in [5.41, 5.74) is 0. The molecule has 0 aromatic carbocycles. The molecule has 2 heterocycles. The largest absolute Gasteiger partial charge is 0.265 e. The van der Waals surface area contributed by atoms with Gasteiger partial charge in [0.15, 0.2) is 0 Å². The Balaban J connectivity index is 0.000000108. The van der Waals surface area contributed by atoms with Crippen molar-refractivity contribution in [2.45, 2.75) is 6.42 Å². The zero-order valence-electron chi connectivity index (χ0n) is 5.86. The summed E-state index contributed by atoms with van der Waals surface area (Å²) in [5, 5.41) is 0. The van der Waals surface area contributed by atoms with Gasteiger partial charge in [0.25, 0.3) is 0 Å². The lowest BCUT2D eigenvalue weighted by Gasteiger charge is -2.05. The van der Waals surface area contributed by atoms with Crippen molar-refractivity contribution in [2.75, 3.05) is 11.5 Å². The Bertz CT molecular complexity index is 118. The summed E-state index contributed by atoms with van der Waals surface area (Å²) in [4.78, 5) is 3.78. The quantitative estimate of drug-likeness (QED) is 0.566. The summed E-state index contributed by atoms with van der Waals surface area (Å²) >= 11 is 2.04. The molecule has 1 fully saturated rings. The van der Waals surface area contributed by atoms with Crippen LogP contribution in [0.4, 0.5) is 0 Å². The van der Waals surface area contributed by atoms with Gasteiger partial charge in [-0.25, -0.2) is 0 Å². The van der Waals surface area contributed by atoms with E-state index in [4.69, 9.17) is 0 Å². The van der Waals surface area contributed by atoms with Crippen LogP contribution in [0.3, 0.4) is 0 Å². The first-order valence-electron chi connectivity index (χ1n) is 3.43. The van der Waals surface area contributed by atoms with Crippen LogP contribution >= 0.6 is 11.8 Å². The first kappa shape index (κ1) is 7.61. The predicted octanol–water partition coefficient (Wildman–Crippen LogP) is 2.20. The number of aromatic nitrogens is 1. The molecule has 0 amide bonds. The van der Waals surface area contributed by atoms with Gasteiger partial charge in [-0.05, 0) is 30.1 Å². The second kappa shape index (κ2) is 5.30. The minimum absolute atomic E-state index is 1.42. The van der Waals surface area contributed by atoms with Crippen LogP contribution < -0.4 is 0 Å². The van der Waals surface area contributed by atoms with Crippen LogP contribution in [0.25, 0.3) is 0 Å². The average Bonchev–Trinajstić information content (AvgIpc) is 1.88. The van der Waals surface area contributed by atoms with E-state index in [1.54, 1.807) is 12.4 Å². The Morgan fingerprint density at radius 2 is 1.50 bits per heavy atom. The highest BCUT2D eigenvalue weighted by atomic mass is 32.2. The normalized spacial score (nSPS) is 14.4. The molecule has 1 aliphatic heterocycles. The number of thioether (sulfide) groups is 1. The summed E-state index contributed by atoms with van der Waals surface area (Å²) in [6, 6.07) is 5.72. The Kier molecular flexibility index (Phi) is 4.03. The van der Waals surface area contributed by atoms with Crippen molar-refractivity contribution >= 4 is 11.8 Å². The molecule has 54 valence electrons. The van der Waals surface area contributed by atoms with Crippen molar-refractivity contribution in [3.63, 3.8) is 0 Å². The third kappa shape index (κ3) is 3.51. The molecule has 10 heavy (non-hydrogen) atoms. The monoisotopic (exact) mass is 153 g/mol. The highest BCUT2D eigenvalue weighted by Gasteiger charge is 1.95. The van der Waals surface area contributed by atoms with Gasteiger partial charge < -0.3 is 0 Å². The maximum atomic E-state index is 3.78. The molecule has 0 spiro atoms. The molecule has 0 radical (unpaired) electrons. The maximum Gasteiger partial charge on any atom is 0.0267 e. The molecule has 1 saturated heterocycles. The van der Waals surface area contributed by atoms with Crippen LogP contribution in [0, 0.1) is 0 Å². The van der Waals surface area contributed by atoms with Crippen LogP contribution in [0.5, 0.6) is 0 Å². The van der Waals surface area contributed by atoms with Gasteiger partial charge in [-0.1, -0.05) is 6.07 Å². The van der Waals surface area contributed by atoms with Gasteiger partial charge >= 0.3 is 0 Å². The SMILES string of the molecule is C1CSC1.c1ccncc1. The van der Waals surface area contributed by atoms with E-state index in [2.05, 4.69) is 4.98 Å². The van der Waals surface area contributed by atoms with Crippen molar-refractivity contribution in [3.8, 4) is 0 Å². The van der Waals surface area contributed by atoms with Gasteiger partial charge in [0, 0.05) is 12.4 Å². The molecular formula is C8H11NS. The summed E-state index contributed by atoms with van der Waals surface area (Å²) in [6.07, 6.45) is 4.96. The van der Waals surface area contributed by atoms with Crippen molar-refractivity contribution in [3.05, 3.63) is 30.6 Å². The molecule has 1 aliphatic rings. The number of hydrogen-bond donors (Lipinski definition) is 0. The van der Waals surface area contributed by atoms with Crippen LogP contribution in [0.2, 0.25) is 0 Å². The van der Waals surface area contributed by atoms with E-state index < -0.39 is 0 Å². The maximum absolute atomic E-state index is 3.78. The third-order valence-electron chi connectivity index (χ3n) is 1.14. The molecule has 0 saturated carbocycles. The van der Waals surface area contributed by atoms with Crippen molar-refractivity contribution in [1.29, 1.82) is 0 Å². The summed E-state index contributed by atoms with van der Waals surface area (Å²) < 4.78 is 0. The van der Waals surface area contributed by atoms with Crippen LogP contribution in [-0.2, 0) is 0 Å². The topological polar surface area (TPSA) is 12.9 Å². The number of pyridine rings is 1. The zero-order valence-corrected chi connectivity index (χ0v) is 6.68. The molecule has 2 heteroatoms. The Morgan fingerprint density at radius 1 is 1.00 bits per heavy atom. The van der Waals surface area contributed by atoms with Crippen LogP contribution in [0.15, 0.2) is 30.6 Å². The molecule has 2 rings (SSSR count). The van der Waals surface area contributed by atoms with Gasteiger partial charge in [0.05, 0.1) is 0 Å². The van der Waals surface area contributed by atoms with E-state index in [9.17, 15) is 0 Å². The van der Waals surface area contributed by atoms with Crippen molar-refractivity contribution in [2.24, 2.45) is 0 Å². The second-order valence-electron chi connectivity index (χ2n) is 1.99. The smallest absolute Gasteiger partial charge is 0.0267 e. The zero-order chi connectivity index (χ0) is 7.07. The minimum Gasteiger partial charge on any atom is -0.265 e. The molecule has 1 aromatic heterocycles. The number of rotatable bonds is 0. The molecule has 0 aliphatic carbocycles. The number of nitrogens with zero attached hydrogens (tertiary/aromatic N) is 1. The first-order chi connectivity index (χ1) is 5.00. The molecule has 0 unspecified atom stereocenters. The van der Waals surface area contributed by atoms with Crippen molar-refractivity contribution in [1.82, 2.24) is 4.98 Å². The van der Waals surface area contributed by atoms with Crippen LogP contribution in [-0.4, -0.2) is 16.5 Å². The number of hydrogen-bond acceptors (Lipinski definition) is 2. The molecule has 0 atom stereocenters. The second-order valence-corrected chi connectivity index (χ2v) is 3.22. The molecule has 1 nitrogen and oxygen atoms in total. The van der Waals surface area contributed by atoms with Gasteiger partial charge in [0.2, 0.25) is 0 Å². The lowest BCUT2D eigenvalue weighted by Crippen LogP contribution is -1.94. The fraction of sp³-hybridized carbons (Fsp3) is 0.375. The summed E-state index contributed by atoms with van der Waals surface area (Å²) in [5.74, 6) is 2.83. The Hall–Kier alpha value is -0.500. The van der Waals surface area contributed by atoms with Gasteiger partial charge in [0.1, 0.15) is 0 Å². The minimum atomic E-state index is 1.42. The Labute approximate surface area is 65.9 Å². The molecule has 1 aromatic rings. The van der Waals surface area contributed by atoms with Gasteiger partial charge in [-0.3, -0.25) is 4.98 Å². The fourth-order valence-corrected chi connectivity index (χ4v) is 0.746. The third-order valence-corrected chi connectivity index (χ3v) is 2.30. The van der Waals surface area contributed by atoms with Crippen LogP contribution in [0.1, 0.15) is 6.42 Å². The predicted molar refractivity (Wildman–Crippen MR) is 46.2 cm³/mol. The lowest BCUT2D eigenvalue weighted by atomic mass is 10.5. The molecule has 0 N–H and O–H groups in total. The van der Waals surface area contributed by atoms with E-state index in [-0.39, 0.29) is 0 Å². The molecular weight excluding hydrogens is 142 g/mol. The summed E-state index contributed by atoms with van der Waals surface area (Å²) in [7, 11) is 0. The van der Waals surface area contributed by atoms with Gasteiger partial charge in [-0.2, -0.15) is 11.8 Å². The Morgan fingerprint density at radius 3 is 1.60 bits per heavy atom. The van der Waals surface area contributed by atoms with E-state index in [0.717, 1.165) is 0 Å². The lowest BCUT2D eigenvalue weighted by molar-refractivity contribution is 1.06. The van der Waals surface area contributed by atoms with E-state index in [1.807, 2.05) is 30.0 Å². The standard InChI is InChI=1S/C5H5N.C3H6S/c1-2-4-6-5-3-1;1-2-4-3-1/h1-5H;1-3H2. The fourth-order valence-electron chi connectivity index (χ4n) is 0.457. The summed E-state index contributed by atoms with van der Waals surface area (Å²) in [6.45, 7) is 0. The van der Waals surface area contributed by atoms with E-state index in [0.29, 0.717) is 0 Å². The average molecular weight is 153 g/mol. The van der Waals surface area contributed by atoms with E-state index >= 15 is 0 Å². The highest BCUT2D eigenvalue weighted by molar-refractivity contribution is 8.00.